The summed E-state index contributed by atoms with van der Waals surface area (Å²) in [5.74, 6) is -0.148. The Morgan fingerprint density at radius 1 is 1.40 bits per heavy atom. The zero-order valence-corrected chi connectivity index (χ0v) is 9.29. The van der Waals surface area contributed by atoms with Crippen molar-refractivity contribution < 1.29 is 9.53 Å². The Bertz CT molecular complexity index is 244. The lowest BCUT2D eigenvalue weighted by molar-refractivity contribution is -0.117. The van der Waals surface area contributed by atoms with Gasteiger partial charge < -0.3 is 10.1 Å². The number of carbonyl (C=O) groups excluding carboxylic acids is 1. The maximum atomic E-state index is 11.4. The molecule has 0 unspecified atom stereocenters. The fourth-order valence-corrected chi connectivity index (χ4v) is 0.949. The van der Waals surface area contributed by atoms with E-state index in [2.05, 4.69) is 18.5 Å². The Morgan fingerprint density at radius 3 is 2.67 bits per heavy atom. The number of carbonyl (C=O) groups is 1. The van der Waals surface area contributed by atoms with Crippen LogP contribution in [0.15, 0.2) is 37.0 Å². The third-order valence-corrected chi connectivity index (χ3v) is 1.66. The van der Waals surface area contributed by atoms with Crippen LogP contribution in [-0.2, 0) is 9.53 Å². The van der Waals surface area contributed by atoms with Crippen LogP contribution < -0.4 is 5.32 Å². The lowest BCUT2D eigenvalue weighted by atomic mass is 10.2. The van der Waals surface area contributed by atoms with Crippen LogP contribution in [0.1, 0.15) is 13.3 Å². The maximum absolute atomic E-state index is 11.4. The number of rotatable bonds is 8. The molecule has 0 saturated carbocycles. The number of hydrogen-bond donors (Lipinski definition) is 1. The van der Waals surface area contributed by atoms with Gasteiger partial charge in [-0.3, -0.25) is 4.79 Å². The molecule has 3 heteroatoms. The summed E-state index contributed by atoms with van der Waals surface area (Å²) < 4.78 is 5.23. The first-order chi connectivity index (χ1) is 7.26. The van der Waals surface area contributed by atoms with Crippen molar-refractivity contribution in [1.29, 1.82) is 0 Å². The highest BCUT2D eigenvalue weighted by molar-refractivity contribution is 5.96. The Morgan fingerprint density at radius 2 is 2.13 bits per heavy atom. The summed E-state index contributed by atoms with van der Waals surface area (Å²) in [7, 11) is 0. The zero-order valence-electron chi connectivity index (χ0n) is 9.29. The first kappa shape index (κ1) is 13.7. The number of hydrogen-bond acceptors (Lipinski definition) is 2. The third kappa shape index (κ3) is 6.69. The zero-order chi connectivity index (χ0) is 11.5. The lowest BCUT2D eigenvalue weighted by Crippen LogP contribution is -2.28. The van der Waals surface area contributed by atoms with Gasteiger partial charge in [0.25, 0.3) is 5.91 Å². The first-order valence-corrected chi connectivity index (χ1v) is 5.07. The summed E-state index contributed by atoms with van der Waals surface area (Å²) in [5, 5.41) is 2.73. The van der Waals surface area contributed by atoms with E-state index >= 15 is 0 Å². The molecule has 0 bridgehead atoms. The number of ether oxygens (including phenoxy) is 1. The van der Waals surface area contributed by atoms with Gasteiger partial charge in [0.15, 0.2) is 0 Å². The summed E-state index contributed by atoms with van der Waals surface area (Å²) in [4.78, 5) is 11.4. The van der Waals surface area contributed by atoms with E-state index in [4.69, 9.17) is 4.74 Å². The molecular formula is C12H19NO2. The smallest absolute Gasteiger partial charge is 0.251 e. The molecule has 0 fully saturated rings. The van der Waals surface area contributed by atoms with Gasteiger partial charge in [0, 0.05) is 18.7 Å². The predicted octanol–water partition coefficient (Wildman–Crippen LogP) is 1.83. The van der Waals surface area contributed by atoms with E-state index in [0.717, 1.165) is 13.0 Å². The SMILES string of the molecule is C=C/C=C(\C=C)C(=O)NCCOCCC. The van der Waals surface area contributed by atoms with Crippen LogP contribution in [-0.4, -0.2) is 25.7 Å². The minimum absolute atomic E-state index is 0.148. The molecule has 3 nitrogen and oxygen atoms in total. The summed E-state index contributed by atoms with van der Waals surface area (Å²) >= 11 is 0. The fourth-order valence-electron chi connectivity index (χ4n) is 0.949. The van der Waals surface area contributed by atoms with Crippen LogP contribution in [0.25, 0.3) is 0 Å². The normalized spacial score (nSPS) is 10.9. The second-order valence-corrected chi connectivity index (χ2v) is 2.93. The Balaban J connectivity index is 3.77. The molecule has 0 rings (SSSR count). The molecule has 1 amide bonds. The van der Waals surface area contributed by atoms with Gasteiger partial charge in [0.1, 0.15) is 0 Å². The number of amides is 1. The van der Waals surface area contributed by atoms with Crippen LogP contribution in [0.4, 0.5) is 0 Å². The highest BCUT2D eigenvalue weighted by Crippen LogP contribution is 1.95. The van der Waals surface area contributed by atoms with Crippen molar-refractivity contribution in [2.24, 2.45) is 0 Å². The van der Waals surface area contributed by atoms with Crippen LogP contribution in [0.5, 0.6) is 0 Å². The highest BCUT2D eigenvalue weighted by Gasteiger charge is 2.02. The summed E-state index contributed by atoms with van der Waals surface area (Å²) in [6, 6.07) is 0. The van der Waals surface area contributed by atoms with Gasteiger partial charge in [0.05, 0.1) is 6.61 Å². The molecular weight excluding hydrogens is 190 g/mol. The van der Waals surface area contributed by atoms with E-state index in [1.54, 1.807) is 12.2 Å². The average molecular weight is 209 g/mol. The van der Waals surface area contributed by atoms with Gasteiger partial charge in [-0.05, 0) is 6.42 Å². The molecule has 0 aliphatic heterocycles. The van der Waals surface area contributed by atoms with E-state index in [9.17, 15) is 4.79 Å². The van der Waals surface area contributed by atoms with E-state index in [1.165, 1.54) is 6.08 Å². The van der Waals surface area contributed by atoms with Crippen molar-refractivity contribution in [2.45, 2.75) is 13.3 Å². The summed E-state index contributed by atoms with van der Waals surface area (Å²) in [6.07, 6.45) is 5.67. The van der Waals surface area contributed by atoms with Gasteiger partial charge in [0.2, 0.25) is 0 Å². The van der Waals surface area contributed by atoms with Crippen molar-refractivity contribution in [1.82, 2.24) is 5.32 Å². The van der Waals surface area contributed by atoms with E-state index in [0.29, 0.717) is 18.7 Å². The molecule has 0 atom stereocenters. The molecule has 1 N–H and O–H groups in total. The van der Waals surface area contributed by atoms with Crippen molar-refractivity contribution in [3.05, 3.63) is 37.0 Å². The minimum Gasteiger partial charge on any atom is -0.380 e. The molecule has 0 aliphatic rings. The van der Waals surface area contributed by atoms with Crippen LogP contribution in [0.2, 0.25) is 0 Å². The van der Waals surface area contributed by atoms with Crippen molar-refractivity contribution >= 4 is 5.91 Å². The standard InChI is InChI=1S/C12H19NO2/c1-4-7-11(6-3)12(14)13-8-10-15-9-5-2/h4,6-7H,1,3,5,8-10H2,2H3,(H,13,14)/b11-7+. The van der Waals surface area contributed by atoms with E-state index in [1.807, 2.05) is 6.92 Å². The molecule has 0 radical (unpaired) electrons. The second-order valence-electron chi connectivity index (χ2n) is 2.93. The molecule has 0 heterocycles. The molecule has 84 valence electrons. The largest absolute Gasteiger partial charge is 0.380 e. The molecule has 15 heavy (non-hydrogen) atoms. The fraction of sp³-hybridized carbons (Fsp3) is 0.417. The minimum atomic E-state index is -0.148. The maximum Gasteiger partial charge on any atom is 0.251 e. The van der Waals surface area contributed by atoms with Gasteiger partial charge in [-0.25, -0.2) is 0 Å². The monoisotopic (exact) mass is 209 g/mol. The number of nitrogens with one attached hydrogen (secondary N) is 1. The van der Waals surface area contributed by atoms with Crippen molar-refractivity contribution in [2.75, 3.05) is 19.8 Å². The quantitative estimate of drug-likeness (QED) is 0.376. The lowest BCUT2D eigenvalue weighted by Gasteiger charge is -2.05. The van der Waals surface area contributed by atoms with Crippen LogP contribution >= 0.6 is 0 Å². The van der Waals surface area contributed by atoms with E-state index in [-0.39, 0.29) is 5.91 Å². The van der Waals surface area contributed by atoms with Gasteiger partial charge in [-0.15, -0.1) is 0 Å². The first-order valence-electron chi connectivity index (χ1n) is 5.07. The summed E-state index contributed by atoms with van der Waals surface area (Å²) in [6.45, 7) is 10.9. The van der Waals surface area contributed by atoms with Crippen molar-refractivity contribution in [3.63, 3.8) is 0 Å². The average Bonchev–Trinajstić information content (AvgIpc) is 2.25. The van der Waals surface area contributed by atoms with Gasteiger partial charge in [-0.2, -0.15) is 0 Å². The molecule has 0 aromatic rings. The molecule has 0 saturated heterocycles. The van der Waals surface area contributed by atoms with E-state index < -0.39 is 0 Å². The topological polar surface area (TPSA) is 38.3 Å². The van der Waals surface area contributed by atoms with Crippen molar-refractivity contribution in [3.8, 4) is 0 Å². The molecule has 0 spiro atoms. The molecule has 0 aromatic heterocycles. The van der Waals surface area contributed by atoms with Crippen LogP contribution in [0.3, 0.4) is 0 Å². The molecule has 0 aromatic carbocycles. The summed E-state index contributed by atoms with van der Waals surface area (Å²) in [5.41, 5.74) is 0.514. The Labute approximate surface area is 91.5 Å². The number of allylic oxidation sites excluding steroid dienone is 2. The van der Waals surface area contributed by atoms with Gasteiger partial charge in [-0.1, -0.05) is 38.3 Å². The highest BCUT2D eigenvalue weighted by atomic mass is 16.5. The molecule has 0 aliphatic carbocycles. The Kier molecular flexibility index (Phi) is 8.39. The van der Waals surface area contributed by atoms with Gasteiger partial charge >= 0.3 is 0 Å². The second kappa shape index (κ2) is 9.21. The predicted molar refractivity (Wildman–Crippen MR) is 62.6 cm³/mol. The van der Waals surface area contributed by atoms with Crippen LogP contribution in [0, 0.1) is 0 Å². The Hall–Kier alpha value is -1.35. The third-order valence-electron chi connectivity index (χ3n) is 1.66.